The summed E-state index contributed by atoms with van der Waals surface area (Å²) in [6.07, 6.45) is 3.72. The van der Waals surface area contributed by atoms with Crippen LogP contribution in [0.3, 0.4) is 0 Å². The highest BCUT2D eigenvalue weighted by Crippen LogP contribution is 2.15. The van der Waals surface area contributed by atoms with Gasteiger partial charge in [-0.3, -0.25) is 0 Å². The molecule has 0 aromatic heterocycles. The van der Waals surface area contributed by atoms with Crippen molar-refractivity contribution in [3.05, 3.63) is 66.2 Å². The van der Waals surface area contributed by atoms with E-state index in [0.29, 0.717) is 12.0 Å². The summed E-state index contributed by atoms with van der Waals surface area (Å²) in [5.74, 6) is 0.909. The number of carbonyl (C=O) groups is 1. The van der Waals surface area contributed by atoms with Gasteiger partial charge in [0.05, 0.1) is 0 Å². The number of para-hydroxylation sites is 1. The van der Waals surface area contributed by atoms with Crippen LogP contribution in [0.4, 0.5) is 0 Å². The number of ether oxygens (including phenoxy) is 2. The van der Waals surface area contributed by atoms with Crippen molar-refractivity contribution in [3.63, 3.8) is 0 Å². The minimum absolute atomic E-state index is 0.408. The first-order valence-electron chi connectivity index (χ1n) is 7.71. The quantitative estimate of drug-likeness (QED) is 0.329. The minimum atomic E-state index is -1.74. The molecule has 0 aliphatic heterocycles. The number of carbonyl (C=O) groups excluding carboxylic acids is 1. The lowest BCUT2D eigenvalue weighted by Gasteiger charge is -2.20. The lowest BCUT2D eigenvalue weighted by atomic mass is 10.2. The molecule has 0 atom stereocenters. The van der Waals surface area contributed by atoms with Crippen molar-refractivity contribution >= 4 is 20.4 Å². The summed E-state index contributed by atoms with van der Waals surface area (Å²) in [5, 5.41) is 0. The largest absolute Gasteiger partial charge is 0.494 e. The molecule has 2 aromatic carbocycles. The van der Waals surface area contributed by atoms with Crippen LogP contribution in [-0.2, 0) is 9.22 Å². The van der Waals surface area contributed by atoms with E-state index in [1.807, 2.05) is 42.5 Å². The lowest BCUT2D eigenvalue weighted by Crippen LogP contribution is -2.37. The molecule has 0 aliphatic carbocycles. The predicted octanol–water partition coefficient (Wildman–Crippen LogP) is 4.07. The fraction of sp³-hybridized carbons (Fsp3) is 0.211. The van der Waals surface area contributed by atoms with Crippen molar-refractivity contribution in [1.29, 1.82) is 0 Å². The molecule has 0 aliphatic rings. The summed E-state index contributed by atoms with van der Waals surface area (Å²) in [6.45, 7) is 4.20. The van der Waals surface area contributed by atoms with E-state index in [1.54, 1.807) is 25.3 Å². The van der Waals surface area contributed by atoms with Crippen LogP contribution >= 0.6 is 0 Å². The van der Waals surface area contributed by atoms with Crippen molar-refractivity contribution in [2.75, 3.05) is 13.3 Å². The molecule has 0 radical (unpaired) electrons. The van der Waals surface area contributed by atoms with Crippen molar-refractivity contribution < 1.29 is 18.7 Å². The van der Waals surface area contributed by atoms with Gasteiger partial charge in [-0.05, 0) is 49.0 Å². The van der Waals surface area contributed by atoms with Crippen LogP contribution in [-0.4, -0.2) is 27.6 Å². The Morgan fingerprint density at radius 2 is 1.67 bits per heavy atom. The van der Waals surface area contributed by atoms with Crippen LogP contribution in [0.2, 0.25) is 13.1 Å². The number of rotatable bonds is 7. The Bertz CT molecular complexity index is 678. The van der Waals surface area contributed by atoms with Crippen LogP contribution in [0.25, 0.3) is 6.08 Å². The third-order valence-electron chi connectivity index (χ3n) is 3.39. The zero-order valence-electron chi connectivity index (χ0n) is 14.2. The maximum absolute atomic E-state index is 11.8. The van der Waals surface area contributed by atoms with Gasteiger partial charge < -0.3 is 13.9 Å². The van der Waals surface area contributed by atoms with Gasteiger partial charge in [-0.15, -0.1) is 0 Å². The standard InChI is InChI=1S/C19H22O4Si/c1-21-24(2,3)15-22-17-12-9-16(10-13-17)11-14-19(20)23-18-7-5-4-6-8-18/h4-14H,15H2,1-3H3/b14-11+. The SMILES string of the molecule is CO[Si](C)(C)COc1ccc(/C=C/C(=O)Oc2ccccc2)cc1. The Morgan fingerprint density at radius 1 is 1.00 bits per heavy atom. The van der Waals surface area contributed by atoms with E-state index in [-0.39, 0.29) is 0 Å². The van der Waals surface area contributed by atoms with Crippen LogP contribution in [0.1, 0.15) is 5.56 Å². The van der Waals surface area contributed by atoms with Gasteiger partial charge in [0.15, 0.2) is 0 Å². The molecule has 24 heavy (non-hydrogen) atoms. The third-order valence-corrected chi connectivity index (χ3v) is 5.34. The van der Waals surface area contributed by atoms with Gasteiger partial charge in [-0.25, -0.2) is 4.79 Å². The van der Waals surface area contributed by atoms with Gasteiger partial charge in [0.25, 0.3) is 0 Å². The molecule has 0 amide bonds. The molecule has 2 rings (SSSR count). The van der Waals surface area contributed by atoms with Crippen molar-refractivity contribution in [2.24, 2.45) is 0 Å². The second kappa shape index (κ2) is 8.47. The molecule has 0 unspecified atom stereocenters. The number of benzene rings is 2. The highest BCUT2D eigenvalue weighted by Gasteiger charge is 2.21. The molecule has 0 fully saturated rings. The van der Waals surface area contributed by atoms with Gasteiger partial charge >= 0.3 is 5.97 Å². The molecule has 4 nitrogen and oxygen atoms in total. The van der Waals surface area contributed by atoms with Gasteiger partial charge in [0, 0.05) is 13.2 Å². The summed E-state index contributed by atoms with van der Waals surface area (Å²) >= 11 is 0. The molecular weight excluding hydrogens is 320 g/mol. The second-order valence-electron chi connectivity index (χ2n) is 5.89. The Kier molecular flexibility index (Phi) is 6.34. The predicted molar refractivity (Wildman–Crippen MR) is 97.5 cm³/mol. The van der Waals surface area contributed by atoms with Crippen molar-refractivity contribution in [3.8, 4) is 11.5 Å². The number of esters is 1. The second-order valence-corrected chi connectivity index (χ2v) is 10.1. The average molecular weight is 342 g/mol. The van der Waals surface area contributed by atoms with E-state index in [0.717, 1.165) is 11.3 Å². The molecule has 2 aromatic rings. The highest BCUT2D eigenvalue weighted by molar-refractivity contribution is 6.71. The summed E-state index contributed by atoms with van der Waals surface area (Å²) in [5.41, 5.74) is 0.899. The Hall–Kier alpha value is -2.37. The van der Waals surface area contributed by atoms with E-state index >= 15 is 0 Å². The Morgan fingerprint density at radius 3 is 2.29 bits per heavy atom. The Labute approximate surface area is 143 Å². The summed E-state index contributed by atoms with van der Waals surface area (Å²) in [4.78, 5) is 11.8. The first-order chi connectivity index (χ1) is 11.5. The van der Waals surface area contributed by atoms with Crippen molar-refractivity contribution in [2.45, 2.75) is 13.1 Å². The first-order valence-corrected chi connectivity index (χ1v) is 10.8. The van der Waals surface area contributed by atoms with Gasteiger partial charge in [0.2, 0.25) is 8.32 Å². The fourth-order valence-electron chi connectivity index (χ4n) is 1.79. The summed E-state index contributed by atoms with van der Waals surface area (Å²) < 4.78 is 16.4. The van der Waals surface area contributed by atoms with Gasteiger partial charge in [-0.2, -0.15) is 0 Å². The van der Waals surface area contributed by atoms with E-state index < -0.39 is 14.3 Å². The Balaban J connectivity index is 1.88. The molecule has 0 N–H and O–H groups in total. The normalized spacial score (nSPS) is 11.5. The number of hydrogen-bond acceptors (Lipinski definition) is 4. The molecule has 126 valence electrons. The zero-order valence-corrected chi connectivity index (χ0v) is 15.2. The zero-order chi connectivity index (χ0) is 17.4. The maximum atomic E-state index is 11.8. The molecule has 0 bridgehead atoms. The molecule has 0 saturated carbocycles. The number of hydrogen-bond donors (Lipinski definition) is 0. The van der Waals surface area contributed by atoms with Gasteiger partial charge in [0.1, 0.15) is 17.7 Å². The van der Waals surface area contributed by atoms with Crippen LogP contribution in [0.15, 0.2) is 60.7 Å². The summed E-state index contributed by atoms with van der Waals surface area (Å²) in [6, 6.07) is 16.5. The van der Waals surface area contributed by atoms with E-state index in [4.69, 9.17) is 13.9 Å². The monoisotopic (exact) mass is 342 g/mol. The van der Waals surface area contributed by atoms with E-state index in [2.05, 4.69) is 13.1 Å². The van der Waals surface area contributed by atoms with E-state index in [9.17, 15) is 4.79 Å². The van der Waals surface area contributed by atoms with Crippen LogP contribution in [0.5, 0.6) is 11.5 Å². The molecule has 0 saturated heterocycles. The maximum Gasteiger partial charge on any atom is 0.336 e. The third kappa shape index (κ3) is 6.02. The van der Waals surface area contributed by atoms with Crippen molar-refractivity contribution in [1.82, 2.24) is 0 Å². The first kappa shape index (κ1) is 18.0. The van der Waals surface area contributed by atoms with Gasteiger partial charge in [-0.1, -0.05) is 30.3 Å². The smallest absolute Gasteiger partial charge is 0.336 e. The molecule has 0 spiro atoms. The van der Waals surface area contributed by atoms with E-state index in [1.165, 1.54) is 6.08 Å². The molecular formula is C19H22O4Si. The average Bonchev–Trinajstić information content (AvgIpc) is 2.60. The highest BCUT2D eigenvalue weighted by atomic mass is 28.4. The summed E-state index contributed by atoms with van der Waals surface area (Å²) in [7, 11) is -0.0181. The van der Waals surface area contributed by atoms with Crippen LogP contribution in [0, 0.1) is 0 Å². The topological polar surface area (TPSA) is 44.8 Å². The molecule has 0 heterocycles. The lowest BCUT2D eigenvalue weighted by molar-refractivity contribution is -0.128. The molecule has 5 heteroatoms. The minimum Gasteiger partial charge on any atom is -0.494 e. The fourth-order valence-corrected chi connectivity index (χ4v) is 2.43. The van der Waals surface area contributed by atoms with Crippen LogP contribution < -0.4 is 9.47 Å².